The molecule has 0 bridgehead atoms. The first-order chi connectivity index (χ1) is 13.3. The summed E-state index contributed by atoms with van der Waals surface area (Å²) in [7, 11) is 1.93. The third-order valence-electron chi connectivity index (χ3n) is 5.97. The number of allylic oxidation sites excluding steroid dienone is 2. The number of aliphatic imine (C=N–C) groups is 1. The highest BCUT2D eigenvalue weighted by molar-refractivity contribution is 6.15. The third kappa shape index (κ3) is 2.87. The molecule has 0 saturated heterocycles. The van der Waals surface area contributed by atoms with Crippen LogP contribution in [0.15, 0.2) is 77.1 Å². The van der Waals surface area contributed by atoms with Crippen LogP contribution in [0.2, 0.25) is 0 Å². The second-order valence-corrected chi connectivity index (χ2v) is 7.53. The summed E-state index contributed by atoms with van der Waals surface area (Å²) in [5.41, 5.74) is 9.53. The van der Waals surface area contributed by atoms with Crippen LogP contribution in [-0.2, 0) is 12.8 Å². The average molecular weight is 355 g/mol. The molecule has 0 N–H and O–H groups in total. The van der Waals surface area contributed by atoms with Crippen molar-refractivity contribution in [3.05, 3.63) is 83.2 Å². The highest BCUT2D eigenvalue weighted by Gasteiger charge is 2.26. The number of rotatable bonds is 2. The van der Waals surface area contributed by atoms with E-state index >= 15 is 0 Å². The molecule has 0 aromatic heterocycles. The molecular formula is C24H25N3. The molecule has 1 fully saturated rings. The van der Waals surface area contributed by atoms with Crippen LogP contribution >= 0.6 is 0 Å². The fourth-order valence-corrected chi connectivity index (χ4v) is 4.62. The van der Waals surface area contributed by atoms with Crippen molar-refractivity contribution in [2.45, 2.75) is 25.7 Å². The second-order valence-electron chi connectivity index (χ2n) is 7.53. The minimum Gasteiger partial charge on any atom is -0.347 e. The number of anilines is 2. The third-order valence-corrected chi connectivity index (χ3v) is 5.97. The molecule has 0 atom stereocenters. The first-order valence-corrected chi connectivity index (χ1v) is 9.91. The summed E-state index contributed by atoms with van der Waals surface area (Å²) in [5, 5.41) is 0. The van der Waals surface area contributed by atoms with E-state index in [2.05, 4.69) is 75.7 Å². The maximum atomic E-state index is 4.67. The largest absolute Gasteiger partial charge is 0.347 e. The quantitative estimate of drug-likeness (QED) is 0.774. The lowest BCUT2D eigenvalue weighted by Crippen LogP contribution is -2.16. The summed E-state index contributed by atoms with van der Waals surface area (Å²) < 4.78 is 0. The first-order valence-electron chi connectivity index (χ1n) is 9.91. The standard InChI is InChI=1S/C24H25N3/c1-25-24-20(16-26-14-12-18-6-2-4-8-22(18)26)10-11-21(24)17-27-15-13-19-7-3-5-9-23(19)27/h2-9,16-17H,10-15H2,1H3/b20-16+,21-17+. The molecule has 0 amide bonds. The van der Waals surface area contributed by atoms with Crippen LogP contribution in [0.4, 0.5) is 11.4 Å². The monoisotopic (exact) mass is 355 g/mol. The Hall–Kier alpha value is -2.81. The van der Waals surface area contributed by atoms with E-state index in [1.54, 1.807) is 0 Å². The van der Waals surface area contributed by atoms with E-state index in [1.807, 2.05) is 7.05 Å². The molecule has 0 radical (unpaired) electrons. The Kier molecular flexibility index (Phi) is 4.08. The lowest BCUT2D eigenvalue weighted by Gasteiger charge is -2.17. The van der Waals surface area contributed by atoms with E-state index in [0.717, 1.165) is 38.8 Å². The van der Waals surface area contributed by atoms with Gasteiger partial charge in [0.25, 0.3) is 0 Å². The summed E-state index contributed by atoms with van der Waals surface area (Å²) >= 11 is 0. The average Bonchev–Trinajstić information content (AvgIpc) is 3.41. The van der Waals surface area contributed by atoms with Gasteiger partial charge in [-0.05, 0) is 60.1 Å². The van der Waals surface area contributed by atoms with Crippen molar-refractivity contribution in [1.82, 2.24) is 0 Å². The molecular weight excluding hydrogens is 330 g/mol. The fraction of sp³-hybridized carbons (Fsp3) is 0.292. The molecule has 3 aliphatic rings. The van der Waals surface area contributed by atoms with Gasteiger partial charge in [-0.1, -0.05) is 36.4 Å². The fourth-order valence-electron chi connectivity index (χ4n) is 4.62. The molecule has 1 saturated carbocycles. The zero-order chi connectivity index (χ0) is 18.2. The van der Waals surface area contributed by atoms with Crippen molar-refractivity contribution in [3.8, 4) is 0 Å². The van der Waals surface area contributed by atoms with E-state index < -0.39 is 0 Å². The van der Waals surface area contributed by atoms with Crippen molar-refractivity contribution in [1.29, 1.82) is 0 Å². The van der Waals surface area contributed by atoms with Gasteiger partial charge < -0.3 is 9.80 Å². The number of hydrogen-bond donors (Lipinski definition) is 0. The van der Waals surface area contributed by atoms with Crippen molar-refractivity contribution < 1.29 is 0 Å². The SMILES string of the molecule is CN=C1/C(=C/N2CCc3ccccc32)CC/C1=C\N1CCc2ccccc21. The molecule has 2 aromatic rings. The van der Waals surface area contributed by atoms with Crippen LogP contribution in [0.1, 0.15) is 24.0 Å². The Morgan fingerprint density at radius 2 is 1.19 bits per heavy atom. The Labute approximate surface area is 161 Å². The van der Waals surface area contributed by atoms with E-state index in [1.165, 1.54) is 39.4 Å². The van der Waals surface area contributed by atoms with Gasteiger partial charge in [-0.3, -0.25) is 4.99 Å². The second kappa shape index (κ2) is 6.73. The molecule has 3 heteroatoms. The summed E-state index contributed by atoms with van der Waals surface area (Å²) in [4.78, 5) is 9.49. The smallest absolute Gasteiger partial charge is 0.0664 e. The Balaban J connectivity index is 1.42. The van der Waals surface area contributed by atoms with Crippen molar-refractivity contribution in [3.63, 3.8) is 0 Å². The maximum absolute atomic E-state index is 4.67. The molecule has 27 heavy (non-hydrogen) atoms. The zero-order valence-electron chi connectivity index (χ0n) is 15.9. The molecule has 2 aliphatic heterocycles. The minimum absolute atomic E-state index is 1.07. The van der Waals surface area contributed by atoms with E-state index in [-0.39, 0.29) is 0 Å². The predicted octanol–water partition coefficient (Wildman–Crippen LogP) is 4.74. The molecule has 2 heterocycles. The van der Waals surface area contributed by atoms with Gasteiger partial charge in [0.2, 0.25) is 0 Å². The molecule has 0 spiro atoms. The summed E-state index contributed by atoms with van der Waals surface area (Å²) in [6.07, 6.45) is 9.09. The predicted molar refractivity (Wildman–Crippen MR) is 114 cm³/mol. The van der Waals surface area contributed by atoms with Gasteiger partial charge in [0.15, 0.2) is 0 Å². The lowest BCUT2D eigenvalue weighted by molar-refractivity contribution is 0.961. The van der Waals surface area contributed by atoms with Crippen LogP contribution in [0.3, 0.4) is 0 Å². The van der Waals surface area contributed by atoms with Crippen LogP contribution in [0.25, 0.3) is 0 Å². The van der Waals surface area contributed by atoms with Crippen LogP contribution in [0, 0.1) is 0 Å². The van der Waals surface area contributed by atoms with Gasteiger partial charge in [0.1, 0.15) is 0 Å². The highest BCUT2D eigenvalue weighted by Crippen LogP contribution is 2.34. The van der Waals surface area contributed by atoms with Gasteiger partial charge in [0.05, 0.1) is 5.71 Å². The van der Waals surface area contributed by atoms with Gasteiger partial charge >= 0.3 is 0 Å². The molecule has 1 aliphatic carbocycles. The first kappa shape index (κ1) is 16.4. The minimum atomic E-state index is 1.07. The zero-order valence-corrected chi connectivity index (χ0v) is 15.9. The van der Waals surface area contributed by atoms with E-state index in [0.29, 0.717) is 0 Å². The summed E-state index contributed by atoms with van der Waals surface area (Å²) in [6.45, 7) is 2.14. The van der Waals surface area contributed by atoms with Gasteiger partial charge in [0, 0.05) is 43.9 Å². The van der Waals surface area contributed by atoms with Crippen molar-refractivity contribution in [2.24, 2.45) is 4.99 Å². The molecule has 5 rings (SSSR count). The topological polar surface area (TPSA) is 18.8 Å². The normalized spacial score (nSPS) is 21.3. The van der Waals surface area contributed by atoms with Gasteiger partial charge in [-0.2, -0.15) is 0 Å². The Bertz CT molecular complexity index is 892. The lowest BCUT2D eigenvalue weighted by atomic mass is 10.1. The van der Waals surface area contributed by atoms with Gasteiger partial charge in [-0.25, -0.2) is 0 Å². The van der Waals surface area contributed by atoms with Gasteiger partial charge in [-0.15, -0.1) is 0 Å². The number of para-hydroxylation sites is 2. The van der Waals surface area contributed by atoms with Crippen LogP contribution in [0.5, 0.6) is 0 Å². The van der Waals surface area contributed by atoms with E-state index in [4.69, 9.17) is 0 Å². The summed E-state index contributed by atoms with van der Waals surface area (Å²) in [5.74, 6) is 0. The van der Waals surface area contributed by atoms with Crippen LogP contribution < -0.4 is 9.80 Å². The van der Waals surface area contributed by atoms with Crippen molar-refractivity contribution >= 4 is 17.1 Å². The van der Waals surface area contributed by atoms with E-state index in [9.17, 15) is 0 Å². The number of nitrogens with zero attached hydrogens (tertiary/aromatic N) is 3. The Morgan fingerprint density at radius 1 is 0.704 bits per heavy atom. The number of hydrogen-bond acceptors (Lipinski definition) is 3. The molecule has 0 unspecified atom stereocenters. The summed E-state index contributed by atoms with van der Waals surface area (Å²) in [6, 6.07) is 17.5. The molecule has 3 nitrogen and oxygen atoms in total. The van der Waals surface area contributed by atoms with Crippen LogP contribution in [-0.4, -0.2) is 25.8 Å². The molecule has 2 aromatic carbocycles. The highest BCUT2D eigenvalue weighted by atomic mass is 15.1. The molecule has 136 valence electrons. The van der Waals surface area contributed by atoms with Crippen molar-refractivity contribution in [2.75, 3.05) is 29.9 Å². The number of benzene rings is 2. The Morgan fingerprint density at radius 3 is 1.67 bits per heavy atom. The maximum Gasteiger partial charge on any atom is 0.0664 e. The number of fused-ring (bicyclic) bond motifs is 2.